The maximum atomic E-state index is 5.59. The smallest absolute Gasteiger partial charge is 0.191 e. The summed E-state index contributed by atoms with van der Waals surface area (Å²) in [4.78, 5) is 4.63. The highest BCUT2D eigenvalue weighted by Gasteiger charge is 2.31. The van der Waals surface area contributed by atoms with Crippen LogP contribution in [0.5, 0.6) is 0 Å². The Kier molecular flexibility index (Phi) is 4.66. The van der Waals surface area contributed by atoms with E-state index in [1.165, 1.54) is 19.3 Å². The van der Waals surface area contributed by atoms with E-state index in [-0.39, 0.29) is 0 Å². The molecular weight excluding hydrogens is 214 g/mol. The molecule has 2 fully saturated rings. The third kappa shape index (κ3) is 4.19. The van der Waals surface area contributed by atoms with E-state index in [0.29, 0.717) is 6.10 Å². The van der Waals surface area contributed by atoms with E-state index in [0.717, 1.165) is 44.0 Å². The monoisotopic (exact) mass is 239 g/mol. The Morgan fingerprint density at radius 1 is 1.41 bits per heavy atom. The normalized spacial score (nSPS) is 32.6. The Labute approximate surface area is 104 Å². The van der Waals surface area contributed by atoms with Crippen LogP contribution in [0.2, 0.25) is 0 Å². The van der Waals surface area contributed by atoms with Gasteiger partial charge < -0.3 is 15.4 Å². The van der Waals surface area contributed by atoms with Gasteiger partial charge in [-0.05, 0) is 38.0 Å². The zero-order valence-electron chi connectivity index (χ0n) is 11.0. The minimum Gasteiger partial charge on any atom is -0.376 e. The van der Waals surface area contributed by atoms with Crippen molar-refractivity contribution >= 4 is 5.96 Å². The molecule has 2 N–H and O–H groups in total. The fourth-order valence-electron chi connectivity index (χ4n) is 2.22. The SMILES string of the molecule is CCNC(=NCC1CC1C)NCC1CCCO1. The van der Waals surface area contributed by atoms with E-state index in [4.69, 9.17) is 4.74 Å². The van der Waals surface area contributed by atoms with Gasteiger partial charge in [0.15, 0.2) is 5.96 Å². The average Bonchev–Trinajstić information content (AvgIpc) is 2.82. The highest BCUT2D eigenvalue weighted by Crippen LogP contribution is 2.37. The molecule has 0 amide bonds. The summed E-state index contributed by atoms with van der Waals surface area (Å²) in [5.41, 5.74) is 0. The second-order valence-electron chi connectivity index (χ2n) is 5.21. The number of nitrogens with one attached hydrogen (secondary N) is 2. The summed E-state index contributed by atoms with van der Waals surface area (Å²) < 4.78 is 5.59. The van der Waals surface area contributed by atoms with E-state index < -0.39 is 0 Å². The highest BCUT2D eigenvalue weighted by atomic mass is 16.5. The predicted molar refractivity (Wildman–Crippen MR) is 70.2 cm³/mol. The first-order chi connectivity index (χ1) is 8.29. The van der Waals surface area contributed by atoms with Gasteiger partial charge in [0.1, 0.15) is 0 Å². The molecule has 1 aliphatic carbocycles. The van der Waals surface area contributed by atoms with E-state index in [1.54, 1.807) is 0 Å². The van der Waals surface area contributed by atoms with Gasteiger partial charge in [-0.2, -0.15) is 0 Å². The van der Waals surface area contributed by atoms with Gasteiger partial charge in [-0.3, -0.25) is 4.99 Å². The molecular formula is C13H25N3O. The minimum absolute atomic E-state index is 0.374. The Morgan fingerprint density at radius 3 is 2.82 bits per heavy atom. The molecule has 0 aromatic rings. The maximum absolute atomic E-state index is 5.59. The number of rotatable bonds is 5. The average molecular weight is 239 g/mol. The third-order valence-electron chi connectivity index (χ3n) is 3.63. The lowest BCUT2D eigenvalue weighted by Crippen LogP contribution is -2.41. The van der Waals surface area contributed by atoms with Crippen LogP contribution in [0.1, 0.15) is 33.1 Å². The summed E-state index contributed by atoms with van der Waals surface area (Å²) >= 11 is 0. The molecule has 1 aliphatic heterocycles. The molecule has 17 heavy (non-hydrogen) atoms. The van der Waals surface area contributed by atoms with Crippen molar-refractivity contribution in [2.45, 2.75) is 39.2 Å². The van der Waals surface area contributed by atoms with Crippen LogP contribution in [0, 0.1) is 11.8 Å². The Bertz CT molecular complexity index is 261. The van der Waals surface area contributed by atoms with Crippen LogP contribution in [-0.4, -0.2) is 38.3 Å². The van der Waals surface area contributed by atoms with Gasteiger partial charge in [0.25, 0.3) is 0 Å². The number of hydrogen-bond acceptors (Lipinski definition) is 2. The fourth-order valence-corrected chi connectivity index (χ4v) is 2.22. The van der Waals surface area contributed by atoms with Gasteiger partial charge in [-0.1, -0.05) is 6.92 Å². The molecule has 1 heterocycles. The zero-order valence-corrected chi connectivity index (χ0v) is 11.0. The van der Waals surface area contributed by atoms with Crippen molar-refractivity contribution in [2.75, 3.05) is 26.2 Å². The van der Waals surface area contributed by atoms with Crippen molar-refractivity contribution in [2.24, 2.45) is 16.8 Å². The lowest BCUT2D eigenvalue weighted by atomic mass is 10.2. The van der Waals surface area contributed by atoms with Crippen molar-refractivity contribution in [3.8, 4) is 0 Å². The number of hydrogen-bond donors (Lipinski definition) is 2. The van der Waals surface area contributed by atoms with E-state index in [9.17, 15) is 0 Å². The highest BCUT2D eigenvalue weighted by molar-refractivity contribution is 5.79. The molecule has 98 valence electrons. The molecule has 0 aromatic carbocycles. The fraction of sp³-hybridized carbons (Fsp3) is 0.923. The molecule has 4 nitrogen and oxygen atoms in total. The first kappa shape index (κ1) is 12.7. The molecule has 1 saturated heterocycles. The van der Waals surface area contributed by atoms with Crippen LogP contribution in [0.4, 0.5) is 0 Å². The Hall–Kier alpha value is -0.770. The molecule has 3 atom stereocenters. The lowest BCUT2D eigenvalue weighted by molar-refractivity contribution is 0.114. The number of ether oxygens (including phenoxy) is 1. The first-order valence-electron chi connectivity index (χ1n) is 6.93. The van der Waals surface area contributed by atoms with Crippen LogP contribution >= 0.6 is 0 Å². The lowest BCUT2D eigenvalue weighted by Gasteiger charge is -2.14. The Balaban J connectivity index is 1.70. The van der Waals surface area contributed by atoms with Crippen LogP contribution in [0.3, 0.4) is 0 Å². The zero-order chi connectivity index (χ0) is 12.1. The quantitative estimate of drug-likeness (QED) is 0.563. The summed E-state index contributed by atoms with van der Waals surface area (Å²) in [6, 6.07) is 0. The van der Waals surface area contributed by atoms with Crippen molar-refractivity contribution in [1.82, 2.24) is 10.6 Å². The van der Waals surface area contributed by atoms with E-state index >= 15 is 0 Å². The molecule has 3 unspecified atom stereocenters. The molecule has 0 spiro atoms. The van der Waals surface area contributed by atoms with Gasteiger partial charge in [0.2, 0.25) is 0 Å². The summed E-state index contributed by atoms with van der Waals surface area (Å²) in [5.74, 6) is 2.63. The predicted octanol–water partition coefficient (Wildman–Crippen LogP) is 1.38. The molecule has 0 radical (unpaired) electrons. The van der Waals surface area contributed by atoms with Crippen LogP contribution in [-0.2, 0) is 4.74 Å². The van der Waals surface area contributed by atoms with Crippen molar-refractivity contribution in [3.05, 3.63) is 0 Å². The summed E-state index contributed by atoms with van der Waals surface area (Å²) in [6.07, 6.45) is 4.08. The molecule has 2 aliphatic rings. The molecule has 0 aromatic heterocycles. The van der Waals surface area contributed by atoms with Crippen LogP contribution in [0.15, 0.2) is 4.99 Å². The van der Waals surface area contributed by atoms with E-state index in [1.807, 2.05) is 0 Å². The first-order valence-corrected chi connectivity index (χ1v) is 6.93. The van der Waals surface area contributed by atoms with Crippen LogP contribution in [0.25, 0.3) is 0 Å². The topological polar surface area (TPSA) is 45.7 Å². The van der Waals surface area contributed by atoms with Crippen molar-refractivity contribution in [3.63, 3.8) is 0 Å². The van der Waals surface area contributed by atoms with Gasteiger partial charge in [-0.15, -0.1) is 0 Å². The number of aliphatic imine (C=N–C) groups is 1. The molecule has 4 heteroatoms. The second-order valence-corrected chi connectivity index (χ2v) is 5.21. The van der Waals surface area contributed by atoms with Gasteiger partial charge in [0, 0.05) is 26.2 Å². The van der Waals surface area contributed by atoms with E-state index in [2.05, 4.69) is 29.5 Å². The largest absolute Gasteiger partial charge is 0.376 e. The third-order valence-corrected chi connectivity index (χ3v) is 3.63. The molecule has 1 saturated carbocycles. The molecule has 0 bridgehead atoms. The van der Waals surface area contributed by atoms with Crippen LogP contribution < -0.4 is 10.6 Å². The summed E-state index contributed by atoms with van der Waals surface area (Å²) in [7, 11) is 0. The minimum atomic E-state index is 0.374. The van der Waals surface area contributed by atoms with Gasteiger partial charge in [-0.25, -0.2) is 0 Å². The Morgan fingerprint density at radius 2 is 2.24 bits per heavy atom. The van der Waals surface area contributed by atoms with Gasteiger partial charge >= 0.3 is 0 Å². The standard InChI is InChI=1S/C13H25N3O/c1-3-14-13(15-8-11-7-10(11)2)16-9-12-5-4-6-17-12/h10-12H,3-9H2,1-2H3,(H2,14,15,16). The van der Waals surface area contributed by atoms with Crippen molar-refractivity contribution < 1.29 is 4.74 Å². The molecule has 2 rings (SSSR count). The maximum Gasteiger partial charge on any atom is 0.191 e. The second kappa shape index (κ2) is 6.24. The number of nitrogens with zero attached hydrogens (tertiary/aromatic N) is 1. The summed E-state index contributed by atoms with van der Waals surface area (Å²) in [5, 5.41) is 6.66. The van der Waals surface area contributed by atoms with Gasteiger partial charge in [0.05, 0.1) is 6.10 Å². The number of guanidine groups is 1. The summed E-state index contributed by atoms with van der Waals surface area (Å²) in [6.45, 7) is 8.07. The van der Waals surface area contributed by atoms with Crippen molar-refractivity contribution in [1.29, 1.82) is 0 Å².